The zero-order chi connectivity index (χ0) is 14.7. The van der Waals surface area contributed by atoms with Crippen LogP contribution in [-0.4, -0.2) is 47.2 Å². The van der Waals surface area contributed by atoms with E-state index in [9.17, 15) is 10.1 Å². The molecule has 1 unspecified atom stereocenters. The van der Waals surface area contributed by atoms with E-state index in [4.69, 9.17) is 9.47 Å². The largest absolute Gasteiger partial charge is 0.376 e. The molecule has 1 aliphatic heterocycles. The fourth-order valence-electron chi connectivity index (χ4n) is 2.17. The second kappa shape index (κ2) is 6.19. The van der Waals surface area contributed by atoms with Crippen molar-refractivity contribution in [3.63, 3.8) is 0 Å². The fraction of sp³-hybridized carbons (Fsp3) is 0.750. The number of nitro groups is 1. The zero-order valence-electron chi connectivity index (χ0n) is 12.0. The summed E-state index contributed by atoms with van der Waals surface area (Å²) in [6, 6.07) is 0. The normalized spacial score (nSPS) is 19.3. The second-order valence-corrected chi connectivity index (χ2v) is 5.07. The highest BCUT2D eigenvalue weighted by Gasteiger charge is 2.29. The van der Waals surface area contributed by atoms with Gasteiger partial charge in [0.25, 0.3) is 0 Å². The van der Waals surface area contributed by atoms with Crippen molar-refractivity contribution in [2.45, 2.75) is 25.9 Å². The highest BCUT2D eigenvalue weighted by molar-refractivity contribution is 5.60. The van der Waals surface area contributed by atoms with E-state index < -0.39 is 0 Å². The number of hydrogen-bond donors (Lipinski definition) is 1. The van der Waals surface area contributed by atoms with E-state index in [-0.39, 0.29) is 22.6 Å². The molecule has 1 aromatic heterocycles. The lowest BCUT2D eigenvalue weighted by atomic mass is 10.1. The summed E-state index contributed by atoms with van der Waals surface area (Å²) in [5.41, 5.74) is 0.528. The van der Waals surface area contributed by atoms with Crippen molar-refractivity contribution in [2.24, 2.45) is 7.05 Å². The molecule has 1 N–H and O–H groups in total. The van der Waals surface area contributed by atoms with Crippen molar-refractivity contribution in [2.75, 3.05) is 31.7 Å². The molecular formula is C12H20N4O4. The average molecular weight is 284 g/mol. The van der Waals surface area contributed by atoms with Crippen molar-refractivity contribution in [3.05, 3.63) is 15.8 Å². The molecule has 112 valence electrons. The topological polar surface area (TPSA) is 91.5 Å². The maximum Gasteiger partial charge on any atom is 0.334 e. The van der Waals surface area contributed by atoms with E-state index in [0.29, 0.717) is 37.9 Å². The Bertz CT molecular complexity index is 480. The van der Waals surface area contributed by atoms with Gasteiger partial charge < -0.3 is 14.8 Å². The molecule has 0 radical (unpaired) electrons. The van der Waals surface area contributed by atoms with E-state index >= 15 is 0 Å². The summed E-state index contributed by atoms with van der Waals surface area (Å²) in [5.74, 6) is 0.402. The molecule has 0 spiro atoms. The second-order valence-electron chi connectivity index (χ2n) is 5.07. The van der Waals surface area contributed by atoms with Crippen LogP contribution in [0.15, 0.2) is 0 Å². The van der Waals surface area contributed by atoms with Gasteiger partial charge in [-0.25, -0.2) is 4.68 Å². The third-order valence-electron chi connectivity index (χ3n) is 3.16. The number of rotatable bonds is 5. The van der Waals surface area contributed by atoms with Crippen LogP contribution >= 0.6 is 0 Å². The maximum atomic E-state index is 11.3. The van der Waals surface area contributed by atoms with Crippen LogP contribution in [0.1, 0.15) is 25.5 Å². The van der Waals surface area contributed by atoms with Gasteiger partial charge in [-0.2, -0.15) is 5.10 Å². The maximum absolute atomic E-state index is 11.3. The predicted octanol–water partition coefficient (Wildman–Crippen LogP) is 1.28. The summed E-state index contributed by atoms with van der Waals surface area (Å²) in [6.07, 6.45) is -0.0965. The Kier molecular flexibility index (Phi) is 4.56. The zero-order valence-corrected chi connectivity index (χ0v) is 12.0. The van der Waals surface area contributed by atoms with Gasteiger partial charge in [0, 0.05) is 19.5 Å². The number of ether oxygens (including phenoxy) is 2. The molecule has 0 amide bonds. The molecule has 20 heavy (non-hydrogen) atoms. The van der Waals surface area contributed by atoms with Gasteiger partial charge in [0.15, 0.2) is 0 Å². The molecule has 2 rings (SSSR count). The van der Waals surface area contributed by atoms with Crippen LogP contribution in [0.5, 0.6) is 0 Å². The van der Waals surface area contributed by atoms with Gasteiger partial charge >= 0.3 is 5.69 Å². The van der Waals surface area contributed by atoms with E-state index in [0.717, 1.165) is 0 Å². The van der Waals surface area contributed by atoms with Crippen LogP contribution in [0.4, 0.5) is 11.5 Å². The number of aromatic nitrogens is 2. The lowest BCUT2D eigenvalue weighted by Crippen LogP contribution is -2.34. The van der Waals surface area contributed by atoms with Crippen molar-refractivity contribution in [1.29, 1.82) is 0 Å². The molecule has 0 saturated carbocycles. The summed E-state index contributed by atoms with van der Waals surface area (Å²) in [4.78, 5) is 10.9. The number of hydrogen-bond acceptors (Lipinski definition) is 6. The van der Waals surface area contributed by atoms with Gasteiger partial charge in [-0.15, -0.1) is 0 Å². The molecule has 8 heteroatoms. The summed E-state index contributed by atoms with van der Waals surface area (Å²) >= 11 is 0. The van der Waals surface area contributed by atoms with Crippen LogP contribution in [0, 0.1) is 10.1 Å². The highest BCUT2D eigenvalue weighted by Crippen LogP contribution is 2.32. The van der Waals surface area contributed by atoms with Crippen molar-refractivity contribution < 1.29 is 14.4 Å². The number of anilines is 1. The van der Waals surface area contributed by atoms with E-state index in [1.165, 1.54) is 4.68 Å². The molecule has 2 heterocycles. The summed E-state index contributed by atoms with van der Waals surface area (Å²) < 4.78 is 12.3. The molecule has 0 aromatic carbocycles. The van der Waals surface area contributed by atoms with Crippen LogP contribution in [0.2, 0.25) is 0 Å². The Balaban J connectivity index is 2.15. The van der Waals surface area contributed by atoms with Gasteiger partial charge in [0.2, 0.25) is 5.82 Å². The molecule has 0 aliphatic carbocycles. The summed E-state index contributed by atoms with van der Waals surface area (Å²) in [7, 11) is 1.69. The first-order valence-corrected chi connectivity index (χ1v) is 6.65. The minimum atomic E-state index is -0.386. The lowest BCUT2D eigenvalue weighted by molar-refractivity contribution is -0.384. The van der Waals surface area contributed by atoms with Crippen molar-refractivity contribution in [3.8, 4) is 0 Å². The Morgan fingerprint density at radius 1 is 1.55 bits per heavy atom. The van der Waals surface area contributed by atoms with Crippen LogP contribution in [-0.2, 0) is 16.5 Å². The Morgan fingerprint density at radius 2 is 2.30 bits per heavy atom. The van der Waals surface area contributed by atoms with Gasteiger partial charge in [0.05, 0.1) is 30.8 Å². The molecule has 8 nitrogen and oxygen atoms in total. The third kappa shape index (κ3) is 3.07. The number of nitrogens with one attached hydrogen (secondary N) is 1. The van der Waals surface area contributed by atoms with Crippen LogP contribution in [0.3, 0.4) is 0 Å². The minimum Gasteiger partial charge on any atom is -0.376 e. The van der Waals surface area contributed by atoms with Gasteiger partial charge in [-0.05, 0) is 0 Å². The fourth-order valence-corrected chi connectivity index (χ4v) is 2.17. The number of nitrogens with zero attached hydrogens (tertiary/aromatic N) is 3. The summed E-state index contributed by atoms with van der Waals surface area (Å²) in [6.45, 7) is 5.87. The first kappa shape index (κ1) is 14.7. The first-order valence-electron chi connectivity index (χ1n) is 6.65. The molecule has 1 atom stereocenters. The first-order chi connectivity index (χ1) is 9.50. The summed E-state index contributed by atoms with van der Waals surface area (Å²) in [5, 5.41) is 18.6. The number of aryl methyl sites for hydroxylation is 1. The molecule has 1 saturated heterocycles. The van der Waals surface area contributed by atoms with Gasteiger partial charge in [-0.1, -0.05) is 13.8 Å². The molecule has 1 aliphatic rings. The molecular weight excluding hydrogens is 264 g/mol. The quantitative estimate of drug-likeness (QED) is 0.647. The van der Waals surface area contributed by atoms with E-state index in [1.807, 2.05) is 13.8 Å². The predicted molar refractivity (Wildman–Crippen MR) is 73.0 cm³/mol. The van der Waals surface area contributed by atoms with E-state index in [1.54, 1.807) is 7.05 Å². The Hall–Kier alpha value is -1.67. The highest BCUT2D eigenvalue weighted by atomic mass is 16.6. The van der Waals surface area contributed by atoms with Crippen LogP contribution in [0.25, 0.3) is 0 Å². The third-order valence-corrected chi connectivity index (χ3v) is 3.16. The smallest absolute Gasteiger partial charge is 0.334 e. The van der Waals surface area contributed by atoms with Crippen LogP contribution < -0.4 is 5.32 Å². The Morgan fingerprint density at radius 3 is 2.85 bits per heavy atom. The van der Waals surface area contributed by atoms with Gasteiger partial charge in [-0.3, -0.25) is 10.1 Å². The average Bonchev–Trinajstić information content (AvgIpc) is 2.75. The monoisotopic (exact) mass is 284 g/mol. The van der Waals surface area contributed by atoms with Crippen molar-refractivity contribution >= 4 is 11.5 Å². The molecule has 0 bridgehead atoms. The van der Waals surface area contributed by atoms with E-state index in [2.05, 4.69) is 10.4 Å². The van der Waals surface area contributed by atoms with Crippen molar-refractivity contribution in [1.82, 2.24) is 9.78 Å². The molecule has 1 aromatic rings. The molecule has 1 fully saturated rings. The lowest BCUT2D eigenvalue weighted by Gasteiger charge is -2.23. The minimum absolute atomic E-state index is 0.00795. The SMILES string of the molecule is CC(C)c1nn(C)c(NCC2COCCO2)c1[N+](=O)[O-]. The van der Waals surface area contributed by atoms with Gasteiger partial charge in [0.1, 0.15) is 5.69 Å². The Labute approximate surface area is 117 Å². The standard InChI is InChI=1S/C12H20N4O4/c1-8(2)10-11(16(17)18)12(15(3)14-10)13-6-9-7-19-4-5-20-9/h8-9,13H,4-7H2,1-3H3.